The van der Waals surface area contributed by atoms with E-state index in [2.05, 4.69) is 0 Å². The molecule has 12 heavy (non-hydrogen) atoms. The van der Waals surface area contributed by atoms with E-state index < -0.39 is 5.82 Å². The van der Waals surface area contributed by atoms with Crippen LogP contribution in [-0.2, 0) is 0 Å². The molecule has 0 aromatic carbocycles. The van der Waals surface area contributed by atoms with Crippen LogP contribution in [0, 0.1) is 5.82 Å². The molecule has 2 nitrogen and oxygen atoms in total. The Labute approximate surface area is 67.9 Å². The predicted octanol–water partition coefficient (Wildman–Crippen LogP) is 1.44. The van der Waals surface area contributed by atoms with Crippen LogP contribution in [0.25, 0.3) is 5.52 Å². The van der Waals surface area contributed by atoms with Crippen LogP contribution in [0.15, 0.2) is 41.3 Å². The molecule has 2 heterocycles. The fourth-order valence-corrected chi connectivity index (χ4v) is 1.12. The Kier molecular flexibility index (Phi) is 1.43. The second-order valence-corrected chi connectivity index (χ2v) is 2.51. The SMILES string of the molecule is O=c1cccc2ccc(F)cn12. The summed E-state index contributed by atoms with van der Waals surface area (Å²) < 4.78 is 13.9. The second-order valence-electron chi connectivity index (χ2n) is 2.51. The van der Waals surface area contributed by atoms with Gasteiger partial charge in [0, 0.05) is 17.8 Å². The average molecular weight is 163 g/mol. The molecule has 0 atom stereocenters. The summed E-state index contributed by atoms with van der Waals surface area (Å²) >= 11 is 0. The average Bonchev–Trinajstić information content (AvgIpc) is 2.07. The minimum atomic E-state index is -0.407. The highest BCUT2D eigenvalue weighted by Gasteiger charge is 1.94. The largest absolute Gasteiger partial charge is 0.281 e. The fourth-order valence-electron chi connectivity index (χ4n) is 1.12. The lowest BCUT2D eigenvalue weighted by atomic mass is 10.3. The number of aromatic nitrogens is 1. The predicted molar refractivity (Wildman–Crippen MR) is 43.6 cm³/mol. The zero-order valence-corrected chi connectivity index (χ0v) is 6.20. The molecule has 2 rings (SSSR count). The third-order valence-corrected chi connectivity index (χ3v) is 1.69. The van der Waals surface area contributed by atoms with Crippen LogP contribution in [0.5, 0.6) is 0 Å². The van der Waals surface area contributed by atoms with Crippen molar-refractivity contribution < 1.29 is 4.39 Å². The summed E-state index contributed by atoms with van der Waals surface area (Å²) in [5.74, 6) is -0.407. The number of halogens is 1. The first-order valence-electron chi connectivity index (χ1n) is 3.54. The Balaban J connectivity index is 2.98. The Morgan fingerprint density at radius 1 is 1.17 bits per heavy atom. The van der Waals surface area contributed by atoms with Gasteiger partial charge in [-0.1, -0.05) is 6.07 Å². The Bertz CT molecular complexity index is 475. The van der Waals surface area contributed by atoms with Crippen LogP contribution in [-0.4, -0.2) is 4.40 Å². The first kappa shape index (κ1) is 7.03. The van der Waals surface area contributed by atoms with Crippen LogP contribution >= 0.6 is 0 Å². The summed E-state index contributed by atoms with van der Waals surface area (Å²) in [5, 5.41) is 0. The number of rotatable bonds is 0. The smallest absolute Gasteiger partial charge is 0.255 e. The normalized spacial score (nSPS) is 10.4. The van der Waals surface area contributed by atoms with E-state index in [0.717, 1.165) is 0 Å². The molecule has 0 aliphatic carbocycles. The van der Waals surface area contributed by atoms with E-state index in [4.69, 9.17) is 0 Å². The molecule has 0 N–H and O–H groups in total. The molecule has 0 saturated carbocycles. The number of fused-ring (bicyclic) bond motifs is 1. The molecule has 0 spiro atoms. The van der Waals surface area contributed by atoms with Crippen LogP contribution < -0.4 is 5.56 Å². The van der Waals surface area contributed by atoms with Gasteiger partial charge in [-0.2, -0.15) is 0 Å². The van der Waals surface area contributed by atoms with Gasteiger partial charge in [0.2, 0.25) is 0 Å². The lowest BCUT2D eigenvalue weighted by molar-refractivity contribution is 0.618. The molecule has 0 fully saturated rings. The van der Waals surface area contributed by atoms with E-state index in [-0.39, 0.29) is 5.56 Å². The third kappa shape index (κ3) is 0.993. The minimum Gasteiger partial charge on any atom is -0.281 e. The van der Waals surface area contributed by atoms with Gasteiger partial charge in [0.05, 0.1) is 0 Å². The fraction of sp³-hybridized carbons (Fsp3) is 0. The number of nitrogens with zero attached hydrogens (tertiary/aromatic N) is 1. The molecule has 0 bridgehead atoms. The van der Waals surface area contributed by atoms with Crippen molar-refractivity contribution in [1.82, 2.24) is 4.40 Å². The molecule has 0 unspecified atom stereocenters. The van der Waals surface area contributed by atoms with Crippen molar-refractivity contribution in [3.63, 3.8) is 0 Å². The van der Waals surface area contributed by atoms with Crippen LogP contribution in [0.4, 0.5) is 4.39 Å². The van der Waals surface area contributed by atoms with Gasteiger partial charge in [-0.05, 0) is 18.2 Å². The molecule has 60 valence electrons. The van der Waals surface area contributed by atoms with Gasteiger partial charge in [-0.15, -0.1) is 0 Å². The first-order chi connectivity index (χ1) is 5.77. The van der Waals surface area contributed by atoms with Gasteiger partial charge >= 0.3 is 0 Å². The maximum Gasteiger partial charge on any atom is 0.255 e. The maximum absolute atomic E-state index is 12.7. The molecule has 0 saturated heterocycles. The molecule has 2 aromatic heterocycles. The van der Waals surface area contributed by atoms with Crippen molar-refractivity contribution in [2.45, 2.75) is 0 Å². The zero-order chi connectivity index (χ0) is 8.55. The summed E-state index contributed by atoms with van der Waals surface area (Å²) in [4.78, 5) is 11.1. The monoisotopic (exact) mass is 163 g/mol. The summed E-state index contributed by atoms with van der Waals surface area (Å²) in [6.45, 7) is 0. The van der Waals surface area contributed by atoms with Gasteiger partial charge in [0.15, 0.2) is 0 Å². The van der Waals surface area contributed by atoms with E-state index in [9.17, 15) is 9.18 Å². The number of hydrogen-bond donors (Lipinski definition) is 0. The topological polar surface area (TPSA) is 21.5 Å². The van der Waals surface area contributed by atoms with Gasteiger partial charge < -0.3 is 0 Å². The molecule has 3 heteroatoms. The lowest BCUT2D eigenvalue weighted by Gasteiger charge is -1.97. The van der Waals surface area contributed by atoms with E-state index in [1.54, 1.807) is 18.2 Å². The minimum absolute atomic E-state index is 0.216. The van der Waals surface area contributed by atoms with Crippen molar-refractivity contribution in [2.24, 2.45) is 0 Å². The third-order valence-electron chi connectivity index (χ3n) is 1.69. The van der Waals surface area contributed by atoms with Crippen molar-refractivity contribution in [1.29, 1.82) is 0 Å². The van der Waals surface area contributed by atoms with Crippen LogP contribution in [0.2, 0.25) is 0 Å². The quantitative estimate of drug-likeness (QED) is 0.575. The van der Waals surface area contributed by atoms with Gasteiger partial charge in [0.25, 0.3) is 5.56 Å². The van der Waals surface area contributed by atoms with Crippen LogP contribution in [0.1, 0.15) is 0 Å². The Hall–Kier alpha value is -1.64. The molecular weight excluding hydrogens is 157 g/mol. The Morgan fingerprint density at radius 3 is 2.83 bits per heavy atom. The van der Waals surface area contributed by atoms with Crippen molar-refractivity contribution >= 4 is 5.52 Å². The van der Waals surface area contributed by atoms with Crippen molar-refractivity contribution in [2.75, 3.05) is 0 Å². The van der Waals surface area contributed by atoms with Crippen molar-refractivity contribution in [3.8, 4) is 0 Å². The van der Waals surface area contributed by atoms with E-state index in [0.29, 0.717) is 5.52 Å². The molecule has 0 aliphatic heterocycles. The van der Waals surface area contributed by atoms with E-state index in [1.807, 2.05) is 0 Å². The second kappa shape index (κ2) is 2.44. The van der Waals surface area contributed by atoms with E-state index >= 15 is 0 Å². The molecular formula is C9H6FNO. The summed E-state index contributed by atoms with van der Waals surface area (Å²) in [7, 11) is 0. The standard InChI is InChI=1S/C9H6FNO/c10-7-4-5-8-2-1-3-9(12)11(8)6-7/h1-6H. The highest BCUT2D eigenvalue weighted by atomic mass is 19.1. The van der Waals surface area contributed by atoms with Crippen LogP contribution in [0.3, 0.4) is 0 Å². The molecule has 0 aliphatic rings. The van der Waals surface area contributed by atoms with E-state index in [1.165, 1.54) is 22.7 Å². The molecule has 2 aromatic rings. The highest BCUT2D eigenvalue weighted by molar-refractivity contribution is 5.45. The summed E-state index contributed by atoms with van der Waals surface area (Å²) in [6, 6.07) is 7.69. The number of hydrogen-bond acceptors (Lipinski definition) is 1. The number of pyridine rings is 2. The lowest BCUT2D eigenvalue weighted by Crippen LogP contribution is -2.11. The highest BCUT2D eigenvalue weighted by Crippen LogP contribution is 2.01. The Morgan fingerprint density at radius 2 is 2.00 bits per heavy atom. The zero-order valence-electron chi connectivity index (χ0n) is 6.20. The maximum atomic E-state index is 12.7. The summed E-state index contributed by atoms with van der Waals surface area (Å²) in [6.07, 6.45) is 1.18. The molecule has 0 amide bonds. The van der Waals surface area contributed by atoms with Gasteiger partial charge in [0.1, 0.15) is 5.82 Å². The molecule has 0 radical (unpaired) electrons. The van der Waals surface area contributed by atoms with Gasteiger partial charge in [-0.3, -0.25) is 9.20 Å². The summed E-state index contributed by atoms with van der Waals surface area (Å²) in [5.41, 5.74) is 0.482. The first-order valence-corrected chi connectivity index (χ1v) is 3.54. The van der Waals surface area contributed by atoms with Gasteiger partial charge in [-0.25, -0.2) is 4.39 Å². The van der Waals surface area contributed by atoms with Crippen molar-refractivity contribution in [3.05, 3.63) is 52.7 Å².